The number of anilines is 1. The number of hydrogen-bond donors (Lipinski definition) is 2. The highest BCUT2D eigenvalue weighted by molar-refractivity contribution is 8.00. The fraction of sp³-hybridized carbons (Fsp3) is 0.533. The predicted molar refractivity (Wildman–Crippen MR) is 84.3 cm³/mol. The molecule has 0 aliphatic carbocycles. The third-order valence-corrected chi connectivity index (χ3v) is 4.96. The van der Waals surface area contributed by atoms with Crippen LogP contribution in [0.25, 0.3) is 0 Å². The molecule has 0 radical (unpaired) electrons. The largest absolute Gasteiger partial charge is 0.381 e. The van der Waals surface area contributed by atoms with Gasteiger partial charge >= 0.3 is 6.03 Å². The molecule has 1 aromatic rings. The third-order valence-electron chi connectivity index (χ3n) is 3.51. The van der Waals surface area contributed by atoms with E-state index in [2.05, 4.69) is 17.6 Å². The molecule has 4 nitrogen and oxygen atoms in total. The number of halogens is 1. The zero-order chi connectivity index (χ0) is 15.1. The monoisotopic (exact) mass is 312 g/mol. The Morgan fingerprint density at radius 3 is 2.86 bits per heavy atom. The summed E-state index contributed by atoms with van der Waals surface area (Å²) < 4.78 is 18.5. The second-order valence-corrected chi connectivity index (χ2v) is 6.78. The lowest BCUT2D eigenvalue weighted by Crippen LogP contribution is -2.45. The van der Waals surface area contributed by atoms with E-state index >= 15 is 0 Å². The Kier molecular flexibility index (Phi) is 5.87. The molecular formula is C15H21FN2O2S. The number of amides is 2. The van der Waals surface area contributed by atoms with Crippen molar-refractivity contribution in [3.63, 3.8) is 0 Å². The van der Waals surface area contributed by atoms with E-state index in [0.717, 1.165) is 31.8 Å². The van der Waals surface area contributed by atoms with Crippen LogP contribution in [-0.4, -0.2) is 36.3 Å². The summed E-state index contributed by atoms with van der Waals surface area (Å²) in [6.07, 6.45) is 1.87. The fourth-order valence-electron chi connectivity index (χ4n) is 2.40. The molecule has 0 aromatic heterocycles. The van der Waals surface area contributed by atoms with Gasteiger partial charge in [0.15, 0.2) is 0 Å². The van der Waals surface area contributed by atoms with E-state index in [4.69, 9.17) is 4.74 Å². The first kappa shape index (κ1) is 16.1. The molecule has 6 heteroatoms. The van der Waals surface area contributed by atoms with Gasteiger partial charge in [0.05, 0.1) is 0 Å². The first-order valence-electron chi connectivity index (χ1n) is 7.16. The highest BCUT2D eigenvalue weighted by Gasteiger charge is 2.32. The Morgan fingerprint density at radius 2 is 2.19 bits per heavy atom. The maximum Gasteiger partial charge on any atom is 0.319 e. The van der Waals surface area contributed by atoms with E-state index in [9.17, 15) is 9.18 Å². The molecule has 1 saturated heterocycles. The van der Waals surface area contributed by atoms with Gasteiger partial charge in [0, 0.05) is 30.2 Å². The molecule has 1 aliphatic heterocycles. The molecule has 0 spiro atoms. The second kappa shape index (κ2) is 7.66. The number of carbonyl (C=O) groups is 1. The number of carbonyl (C=O) groups excluding carboxylic acids is 1. The standard InChI is InChI=1S/C15H21FN2O2S/c1-2-21-15(6-8-20-9-7-15)11-17-14(19)18-13-5-3-4-12(16)10-13/h3-5,10H,2,6-9,11H2,1H3,(H2,17,18,19). The van der Waals surface area contributed by atoms with Crippen molar-refractivity contribution in [1.29, 1.82) is 0 Å². The summed E-state index contributed by atoms with van der Waals surface area (Å²) in [6, 6.07) is 5.57. The number of hydrogen-bond acceptors (Lipinski definition) is 3. The molecule has 0 unspecified atom stereocenters. The number of benzene rings is 1. The van der Waals surface area contributed by atoms with Crippen molar-refractivity contribution in [2.75, 3.05) is 30.8 Å². The number of urea groups is 1. The molecule has 1 aliphatic rings. The van der Waals surface area contributed by atoms with Crippen molar-refractivity contribution in [3.8, 4) is 0 Å². The van der Waals surface area contributed by atoms with Crippen LogP contribution in [0.2, 0.25) is 0 Å². The summed E-state index contributed by atoms with van der Waals surface area (Å²) in [5.41, 5.74) is 0.455. The van der Waals surface area contributed by atoms with Gasteiger partial charge in [-0.05, 0) is 36.8 Å². The first-order chi connectivity index (χ1) is 10.1. The van der Waals surface area contributed by atoms with E-state index in [-0.39, 0.29) is 16.6 Å². The van der Waals surface area contributed by atoms with Crippen LogP contribution in [0.15, 0.2) is 24.3 Å². The van der Waals surface area contributed by atoms with Gasteiger partial charge in [-0.15, -0.1) is 0 Å². The SMILES string of the molecule is CCSC1(CNC(=O)Nc2cccc(F)c2)CCOCC1. The third kappa shape index (κ3) is 4.89. The minimum atomic E-state index is -0.366. The van der Waals surface area contributed by atoms with Crippen LogP contribution in [-0.2, 0) is 4.74 Å². The molecule has 21 heavy (non-hydrogen) atoms. The van der Waals surface area contributed by atoms with Crippen molar-refractivity contribution >= 4 is 23.5 Å². The summed E-state index contributed by atoms with van der Waals surface area (Å²) in [5, 5.41) is 5.55. The molecular weight excluding hydrogens is 291 g/mol. The Balaban J connectivity index is 1.87. The van der Waals surface area contributed by atoms with Crippen molar-refractivity contribution in [2.45, 2.75) is 24.5 Å². The molecule has 1 heterocycles. The lowest BCUT2D eigenvalue weighted by Gasteiger charge is -2.36. The zero-order valence-electron chi connectivity index (χ0n) is 12.2. The van der Waals surface area contributed by atoms with Gasteiger partial charge in [0.25, 0.3) is 0 Å². The number of thioether (sulfide) groups is 1. The summed E-state index contributed by atoms with van der Waals surface area (Å²) in [6.45, 7) is 4.19. The van der Waals surface area contributed by atoms with Crippen LogP contribution in [0.5, 0.6) is 0 Å². The van der Waals surface area contributed by atoms with E-state index in [1.54, 1.807) is 12.1 Å². The predicted octanol–water partition coefficient (Wildman–Crippen LogP) is 3.25. The second-order valence-electron chi connectivity index (χ2n) is 5.05. The molecule has 1 fully saturated rings. The van der Waals surface area contributed by atoms with Crippen molar-refractivity contribution in [1.82, 2.24) is 5.32 Å². The number of ether oxygens (including phenoxy) is 1. The van der Waals surface area contributed by atoms with Gasteiger partial charge in [-0.25, -0.2) is 9.18 Å². The Labute approximate surface area is 128 Å². The molecule has 0 atom stereocenters. The molecule has 2 rings (SSSR count). The number of rotatable bonds is 5. The van der Waals surface area contributed by atoms with Crippen LogP contribution < -0.4 is 10.6 Å². The lowest BCUT2D eigenvalue weighted by molar-refractivity contribution is 0.0778. The first-order valence-corrected chi connectivity index (χ1v) is 8.14. The summed E-state index contributed by atoms with van der Waals surface area (Å²) >= 11 is 1.87. The van der Waals surface area contributed by atoms with Crippen LogP contribution in [0.4, 0.5) is 14.9 Å². The van der Waals surface area contributed by atoms with Gasteiger partial charge in [-0.1, -0.05) is 13.0 Å². The normalized spacial score (nSPS) is 17.2. The van der Waals surface area contributed by atoms with Gasteiger partial charge in [-0.3, -0.25) is 0 Å². The van der Waals surface area contributed by atoms with Gasteiger partial charge < -0.3 is 15.4 Å². The highest BCUT2D eigenvalue weighted by Crippen LogP contribution is 2.34. The minimum Gasteiger partial charge on any atom is -0.381 e. The van der Waals surface area contributed by atoms with E-state index in [1.807, 2.05) is 11.8 Å². The zero-order valence-corrected chi connectivity index (χ0v) is 13.0. The summed E-state index contributed by atoms with van der Waals surface area (Å²) in [5.74, 6) is 0.642. The Hall–Kier alpha value is -1.27. The van der Waals surface area contributed by atoms with Gasteiger partial charge in [0.2, 0.25) is 0 Å². The highest BCUT2D eigenvalue weighted by atomic mass is 32.2. The van der Waals surface area contributed by atoms with Crippen LogP contribution in [0.3, 0.4) is 0 Å². The number of nitrogens with one attached hydrogen (secondary N) is 2. The maximum atomic E-state index is 13.1. The van der Waals surface area contributed by atoms with Crippen molar-refractivity contribution < 1.29 is 13.9 Å². The van der Waals surface area contributed by atoms with Gasteiger partial charge in [-0.2, -0.15) is 11.8 Å². The summed E-state index contributed by atoms with van der Waals surface area (Å²) in [7, 11) is 0. The van der Waals surface area contributed by atoms with E-state index in [1.165, 1.54) is 12.1 Å². The molecule has 2 amide bonds. The molecule has 1 aromatic carbocycles. The van der Waals surface area contributed by atoms with Crippen LogP contribution in [0, 0.1) is 5.82 Å². The van der Waals surface area contributed by atoms with E-state index in [0.29, 0.717) is 12.2 Å². The average Bonchev–Trinajstić information content (AvgIpc) is 2.47. The topological polar surface area (TPSA) is 50.4 Å². The van der Waals surface area contributed by atoms with E-state index < -0.39 is 0 Å². The smallest absolute Gasteiger partial charge is 0.319 e. The molecule has 0 saturated carbocycles. The van der Waals surface area contributed by atoms with Crippen LogP contribution in [0.1, 0.15) is 19.8 Å². The maximum absolute atomic E-state index is 13.1. The summed E-state index contributed by atoms with van der Waals surface area (Å²) in [4.78, 5) is 11.9. The quantitative estimate of drug-likeness (QED) is 0.877. The Bertz CT molecular complexity index is 473. The Morgan fingerprint density at radius 1 is 1.43 bits per heavy atom. The molecule has 2 N–H and O–H groups in total. The minimum absolute atomic E-state index is 0.0479. The van der Waals surface area contributed by atoms with Crippen molar-refractivity contribution in [2.24, 2.45) is 0 Å². The molecule has 0 bridgehead atoms. The molecule has 116 valence electrons. The lowest BCUT2D eigenvalue weighted by atomic mass is 9.99. The van der Waals surface area contributed by atoms with Crippen LogP contribution >= 0.6 is 11.8 Å². The van der Waals surface area contributed by atoms with Gasteiger partial charge in [0.1, 0.15) is 5.82 Å². The average molecular weight is 312 g/mol. The fourth-order valence-corrected chi connectivity index (χ4v) is 3.65. The van der Waals surface area contributed by atoms with Crippen molar-refractivity contribution in [3.05, 3.63) is 30.1 Å².